The summed E-state index contributed by atoms with van der Waals surface area (Å²) in [4.78, 5) is 11.8. The quantitative estimate of drug-likeness (QED) is 0.582. The van der Waals surface area contributed by atoms with Crippen molar-refractivity contribution in [2.75, 3.05) is 19.7 Å². The Morgan fingerprint density at radius 1 is 1.56 bits per heavy atom. The summed E-state index contributed by atoms with van der Waals surface area (Å²) in [6.07, 6.45) is 4.59. The van der Waals surface area contributed by atoms with Gasteiger partial charge in [0.05, 0.1) is 0 Å². The molecule has 0 bridgehead atoms. The highest BCUT2D eigenvalue weighted by Crippen LogP contribution is 2.19. The first-order valence-electron chi connectivity index (χ1n) is 6.72. The van der Waals surface area contributed by atoms with Crippen LogP contribution in [0.4, 0.5) is 0 Å². The molecule has 1 fully saturated rings. The van der Waals surface area contributed by atoms with Crippen LogP contribution in [0.1, 0.15) is 40.0 Å². The molecule has 0 aromatic rings. The number of ether oxygens (including phenoxy) is 1. The lowest BCUT2D eigenvalue weighted by atomic mass is 9.92. The lowest BCUT2D eigenvalue weighted by Crippen LogP contribution is -2.47. The number of esters is 1. The highest BCUT2D eigenvalue weighted by Gasteiger charge is 2.31. The maximum absolute atomic E-state index is 11.8. The fourth-order valence-corrected chi connectivity index (χ4v) is 2.01. The fraction of sp³-hybridized carbons (Fsp3) is 0.786. The van der Waals surface area contributed by atoms with Gasteiger partial charge in [-0.1, -0.05) is 33.4 Å². The van der Waals surface area contributed by atoms with Crippen LogP contribution in [0, 0.1) is 5.41 Å². The zero-order chi connectivity index (χ0) is 13.6. The molecule has 104 valence electrons. The van der Waals surface area contributed by atoms with Crippen molar-refractivity contribution in [3.05, 3.63) is 12.7 Å². The first kappa shape index (κ1) is 15.2. The van der Waals surface area contributed by atoms with Crippen molar-refractivity contribution in [3.8, 4) is 0 Å². The number of hydrogen-bond donors (Lipinski definition) is 1. The molecule has 0 amide bonds. The zero-order valence-electron chi connectivity index (χ0n) is 11.9. The third kappa shape index (κ3) is 5.19. The summed E-state index contributed by atoms with van der Waals surface area (Å²) in [7, 11) is 0. The third-order valence-electron chi connectivity index (χ3n) is 3.06. The minimum atomic E-state index is -0.143. The molecule has 0 saturated carbocycles. The molecule has 18 heavy (non-hydrogen) atoms. The zero-order valence-corrected chi connectivity index (χ0v) is 11.9. The molecule has 1 heterocycles. The Bertz CT molecular complexity index is 284. The molecule has 1 atom stereocenters. The monoisotopic (exact) mass is 254 g/mol. The van der Waals surface area contributed by atoms with Crippen molar-refractivity contribution in [2.45, 2.75) is 46.1 Å². The largest absolute Gasteiger partial charge is 0.460 e. The van der Waals surface area contributed by atoms with E-state index in [0.29, 0.717) is 12.0 Å². The van der Waals surface area contributed by atoms with Gasteiger partial charge in [0, 0.05) is 13.1 Å². The number of carbonyl (C=O) groups is 1. The number of hydrogen-bond acceptors (Lipinski definition) is 4. The molecular formula is C14H26N2O2. The lowest BCUT2D eigenvalue weighted by molar-refractivity contribution is -0.148. The standard InChI is InChI=1S/C14H26N2O2/c1-5-11-18-13(17)12-7-6-10-16(12)15-9-8-14(2,3)4/h5,12,15H,1,6-11H2,2-4H3. The number of carbonyl (C=O) groups excluding carboxylic acids is 1. The van der Waals surface area contributed by atoms with E-state index in [1.54, 1.807) is 6.08 Å². The number of hydrazine groups is 1. The minimum absolute atomic E-state index is 0.134. The molecule has 4 nitrogen and oxygen atoms in total. The minimum Gasteiger partial charge on any atom is -0.460 e. The molecule has 1 aliphatic rings. The third-order valence-corrected chi connectivity index (χ3v) is 3.06. The van der Waals surface area contributed by atoms with Crippen LogP contribution in [0.15, 0.2) is 12.7 Å². The Morgan fingerprint density at radius 2 is 2.28 bits per heavy atom. The normalized spacial score (nSPS) is 20.9. The van der Waals surface area contributed by atoms with Gasteiger partial charge in [0.25, 0.3) is 0 Å². The summed E-state index contributed by atoms with van der Waals surface area (Å²) in [5.74, 6) is -0.143. The highest BCUT2D eigenvalue weighted by atomic mass is 16.5. The van der Waals surface area contributed by atoms with E-state index in [0.717, 1.165) is 32.4 Å². The van der Waals surface area contributed by atoms with Gasteiger partial charge in [-0.2, -0.15) is 0 Å². The van der Waals surface area contributed by atoms with Gasteiger partial charge in [-0.25, -0.2) is 5.01 Å². The molecule has 1 saturated heterocycles. The van der Waals surface area contributed by atoms with E-state index in [2.05, 4.69) is 32.8 Å². The van der Waals surface area contributed by atoms with E-state index in [9.17, 15) is 4.79 Å². The van der Waals surface area contributed by atoms with Crippen LogP contribution in [0.5, 0.6) is 0 Å². The van der Waals surface area contributed by atoms with Crippen molar-refractivity contribution < 1.29 is 9.53 Å². The summed E-state index contributed by atoms with van der Waals surface area (Å²) >= 11 is 0. The Morgan fingerprint density at radius 3 is 2.89 bits per heavy atom. The Kier molecular flexibility index (Phi) is 5.82. The summed E-state index contributed by atoms with van der Waals surface area (Å²) in [6, 6.07) is -0.134. The van der Waals surface area contributed by atoms with Gasteiger partial charge in [-0.15, -0.1) is 0 Å². The van der Waals surface area contributed by atoms with Gasteiger partial charge in [0.1, 0.15) is 12.6 Å². The van der Waals surface area contributed by atoms with Crippen LogP contribution in [-0.4, -0.2) is 36.7 Å². The molecular weight excluding hydrogens is 228 g/mol. The van der Waals surface area contributed by atoms with Crippen molar-refractivity contribution in [1.82, 2.24) is 10.4 Å². The van der Waals surface area contributed by atoms with Gasteiger partial charge in [0.2, 0.25) is 0 Å². The second-order valence-corrected chi connectivity index (χ2v) is 5.99. The van der Waals surface area contributed by atoms with Gasteiger partial charge in [0.15, 0.2) is 0 Å². The first-order chi connectivity index (χ1) is 8.44. The molecule has 0 aliphatic carbocycles. The van der Waals surface area contributed by atoms with E-state index in [1.165, 1.54) is 0 Å². The molecule has 0 spiro atoms. The number of rotatable bonds is 6. The second-order valence-electron chi connectivity index (χ2n) is 5.99. The molecule has 4 heteroatoms. The van der Waals surface area contributed by atoms with Crippen LogP contribution in [-0.2, 0) is 9.53 Å². The van der Waals surface area contributed by atoms with Gasteiger partial charge in [-0.3, -0.25) is 10.2 Å². The molecule has 1 unspecified atom stereocenters. The maximum Gasteiger partial charge on any atom is 0.325 e. The Hall–Kier alpha value is -0.870. The smallest absolute Gasteiger partial charge is 0.325 e. The summed E-state index contributed by atoms with van der Waals surface area (Å²) < 4.78 is 5.11. The van der Waals surface area contributed by atoms with Gasteiger partial charge in [-0.05, 0) is 24.7 Å². The van der Waals surface area contributed by atoms with Crippen LogP contribution in [0.25, 0.3) is 0 Å². The number of nitrogens with zero attached hydrogens (tertiary/aromatic N) is 1. The highest BCUT2D eigenvalue weighted by molar-refractivity contribution is 5.76. The van der Waals surface area contributed by atoms with E-state index >= 15 is 0 Å². The topological polar surface area (TPSA) is 41.6 Å². The molecule has 0 aromatic carbocycles. The van der Waals surface area contributed by atoms with Crippen molar-refractivity contribution >= 4 is 5.97 Å². The summed E-state index contributed by atoms with van der Waals surface area (Å²) in [5, 5.41) is 2.02. The van der Waals surface area contributed by atoms with E-state index in [-0.39, 0.29) is 12.0 Å². The summed E-state index contributed by atoms with van der Waals surface area (Å²) in [6.45, 7) is 12.3. The van der Waals surface area contributed by atoms with Crippen LogP contribution in [0.3, 0.4) is 0 Å². The molecule has 1 N–H and O–H groups in total. The SMILES string of the molecule is C=CCOC(=O)C1CCCN1NCCC(C)(C)C. The lowest BCUT2D eigenvalue weighted by Gasteiger charge is -2.26. The molecule has 1 rings (SSSR count). The van der Waals surface area contributed by atoms with E-state index < -0.39 is 0 Å². The first-order valence-corrected chi connectivity index (χ1v) is 6.72. The number of nitrogens with one attached hydrogen (secondary N) is 1. The summed E-state index contributed by atoms with van der Waals surface area (Å²) in [5.41, 5.74) is 3.66. The van der Waals surface area contributed by atoms with Crippen molar-refractivity contribution in [3.63, 3.8) is 0 Å². The van der Waals surface area contributed by atoms with Crippen molar-refractivity contribution in [2.24, 2.45) is 5.41 Å². The molecule has 0 aromatic heterocycles. The van der Waals surface area contributed by atoms with Gasteiger partial charge >= 0.3 is 5.97 Å². The average molecular weight is 254 g/mol. The molecule has 1 aliphatic heterocycles. The van der Waals surface area contributed by atoms with E-state index in [4.69, 9.17) is 4.74 Å². The predicted molar refractivity (Wildman–Crippen MR) is 73.0 cm³/mol. The van der Waals surface area contributed by atoms with Gasteiger partial charge < -0.3 is 4.74 Å². The average Bonchev–Trinajstić information content (AvgIpc) is 2.72. The second kappa shape index (κ2) is 6.90. The molecule has 0 radical (unpaired) electrons. The van der Waals surface area contributed by atoms with Crippen molar-refractivity contribution in [1.29, 1.82) is 0 Å². The van der Waals surface area contributed by atoms with Crippen LogP contribution in [0.2, 0.25) is 0 Å². The fourth-order valence-electron chi connectivity index (χ4n) is 2.01. The van der Waals surface area contributed by atoms with Crippen LogP contribution >= 0.6 is 0 Å². The van der Waals surface area contributed by atoms with Crippen LogP contribution < -0.4 is 5.43 Å². The Balaban J connectivity index is 2.35. The van der Waals surface area contributed by atoms with E-state index in [1.807, 2.05) is 5.01 Å². The maximum atomic E-state index is 11.8. The predicted octanol–water partition coefficient (Wildman–Crippen LogP) is 2.12. The Labute approximate surface area is 110 Å².